The molecular weight excluding hydrogens is 478 g/mol. The molecule has 0 bridgehead atoms. The molecule has 0 aromatic carbocycles. The molecule has 0 aliphatic carbocycles. The van der Waals surface area contributed by atoms with Crippen LogP contribution in [0.5, 0.6) is 0 Å². The number of H-pyrrole nitrogens is 1. The minimum atomic E-state index is -1.12. The highest BCUT2D eigenvalue weighted by Gasteiger charge is 2.51. The molecule has 0 spiro atoms. The van der Waals surface area contributed by atoms with Crippen molar-refractivity contribution in [3.05, 3.63) is 22.0 Å². The fourth-order valence-corrected chi connectivity index (χ4v) is 3.81. The number of esters is 3. The average Bonchev–Trinajstić information content (AvgIpc) is 3.18. The molecule has 0 saturated carbocycles. The largest absolute Gasteiger partial charge is 0.463 e. The summed E-state index contributed by atoms with van der Waals surface area (Å²) in [5, 5.41) is 17.7. The molecule has 12 nitrogen and oxygen atoms in total. The number of rotatable bonds is 5. The molecule has 4 atom stereocenters. The van der Waals surface area contributed by atoms with E-state index in [-0.39, 0.29) is 23.0 Å². The first kappa shape index (κ1) is 22.4. The van der Waals surface area contributed by atoms with Crippen LogP contribution in [0.15, 0.2) is 10.9 Å². The van der Waals surface area contributed by atoms with E-state index in [0.717, 1.165) is 0 Å². The molecule has 2 unspecified atom stereocenters. The van der Waals surface area contributed by atoms with Crippen molar-refractivity contribution in [3.63, 3.8) is 0 Å². The summed E-state index contributed by atoms with van der Waals surface area (Å²) >= 11 is 3.24. The Labute approximate surface area is 183 Å². The molecule has 1 aliphatic heterocycles. The van der Waals surface area contributed by atoms with Crippen molar-refractivity contribution < 1.29 is 33.3 Å². The van der Waals surface area contributed by atoms with Crippen LogP contribution in [0, 0.1) is 16.7 Å². The lowest BCUT2D eigenvalue weighted by atomic mass is 10.1. The van der Waals surface area contributed by atoms with Crippen LogP contribution >= 0.6 is 15.9 Å². The van der Waals surface area contributed by atoms with Gasteiger partial charge in [-0.25, -0.2) is 4.98 Å². The Morgan fingerprint density at radius 2 is 1.90 bits per heavy atom. The minimum absolute atomic E-state index is 0.153. The zero-order chi connectivity index (χ0) is 22.9. The van der Waals surface area contributed by atoms with Crippen molar-refractivity contribution in [2.75, 3.05) is 6.61 Å². The number of aromatic amines is 1. The lowest BCUT2D eigenvalue weighted by Gasteiger charge is -2.24. The fraction of sp³-hybridized carbons (Fsp3) is 0.444. The van der Waals surface area contributed by atoms with Gasteiger partial charge in [0, 0.05) is 20.8 Å². The van der Waals surface area contributed by atoms with E-state index in [1.54, 1.807) is 0 Å². The molecule has 13 heteroatoms. The van der Waals surface area contributed by atoms with Gasteiger partial charge in [0.1, 0.15) is 35.4 Å². The second-order valence-electron chi connectivity index (χ2n) is 6.67. The Bertz CT molecular complexity index is 1150. The molecule has 1 fully saturated rings. The first-order valence-corrected chi connectivity index (χ1v) is 9.79. The van der Waals surface area contributed by atoms with Gasteiger partial charge in [-0.1, -0.05) is 0 Å². The molecule has 0 radical (unpaired) electrons. The number of halogens is 1. The number of carbonyl (C=O) groups is 3. The van der Waals surface area contributed by atoms with E-state index in [4.69, 9.17) is 24.4 Å². The normalized spacial score (nSPS) is 22.7. The summed E-state index contributed by atoms with van der Waals surface area (Å²) in [7, 11) is 0. The summed E-state index contributed by atoms with van der Waals surface area (Å²) < 4.78 is 23.5. The number of ether oxygens (including phenoxy) is 4. The molecule has 3 heterocycles. The van der Waals surface area contributed by atoms with Gasteiger partial charge in [0.2, 0.25) is 0 Å². The third kappa shape index (κ3) is 4.44. The predicted molar refractivity (Wildman–Crippen MR) is 104 cm³/mol. The van der Waals surface area contributed by atoms with Gasteiger partial charge in [0.05, 0.1) is 10.9 Å². The van der Waals surface area contributed by atoms with Gasteiger partial charge in [0.15, 0.2) is 23.9 Å². The van der Waals surface area contributed by atoms with Crippen LogP contribution in [0.1, 0.15) is 32.6 Å². The zero-order valence-electron chi connectivity index (χ0n) is 16.7. The maximum Gasteiger partial charge on any atom is 0.303 e. The number of hydrogen-bond acceptors (Lipinski definition) is 10. The van der Waals surface area contributed by atoms with Crippen LogP contribution in [0.25, 0.3) is 11.0 Å². The van der Waals surface area contributed by atoms with Crippen molar-refractivity contribution in [2.24, 2.45) is 0 Å². The van der Waals surface area contributed by atoms with E-state index in [2.05, 4.69) is 25.9 Å². The monoisotopic (exact) mass is 495 g/mol. The molecular formula is C18H18BrN5O7. The van der Waals surface area contributed by atoms with Gasteiger partial charge in [0.25, 0.3) is 0 Å². The van der Waals surface area contributed by atoms with Gasteiger partial charge in [-0.05, 0) is 15.9 Å². The molecule has 2 aromatic rings. The van der Waals surface area contributed by atoms with Gasteiger partial charge < -0.3 is 23.9 Å². The summed E-state index contributed by atoms with van der Waals surface area (Å²) in [5.74, 6) is -1.88. The lowest BCUT2D eigenvalue weighted by Crippen LogP contribution is -2.40. The molecule has 2 aromatic heterocycles. The van der Waals surface area contributed by atoms with Crippen molar-refractivity contribution in [1.29, 1.82) is 10.7 Å². The molecule has 0 amide bonds. The van der Waals surface area contributed by atoms with Crippen LogP contribution in [0.3, 0.4) is 0 Å². The SMILES string of the molecule is CC(=O)OC[C@@H]1O[C@H](n2cnc(=N)c3c(C#N)c(Br)[nH]c32)C(OC(C)=O)C1OC(C)=O. The highest BCUT2D eigenvalue weighted by Crippen LogP contribution is 2.36. The summed E-state index contributed by atoms with van der Waals surface area (Å²) in [6.45, 7) is 3.33. The van der Waals surface area contributed by atoms with Gasteiger partial charge in [-0.3, -0.25) is 24.4 Å². The maximum atomic E-state index is 11.8. The van der Waals surface area contributed by atoms with Crippen molar-refractivity contribution in [3.8, 4) is 6.07 Å². The predicted octanol–water partition coefficient (Wildman–Crippen LogP) is 0.802. The average molecular weight is 496 g/mol. The molecule has 31 heavy (non-hydrogen) atoms. The van der Waals surface area contributed by atoms with Crippen molar-refractivity contribution in [2.45, 2.75) is 45.3 Å². The topological polar surface area (TPSA) is 169 Å². The highest BCUT2D eigenvalue weighted by molar-refractivity contribution is 9.10. The van der Waals surface area contributed by atoms with Crippen LogP contribution < -0.4 is 5.49 Å². The number of aromatic nitrogens is 3. The van der Waals surface area contributed by atoms with E-state index in [9.17, 15) is 19.6 Å². The van der Waals surface area contributed by atoms with E-state index in [0.29, 0.717) is 10.3 Å². The van der Waals surface area contributed by atoms with Gasteiger partial charge >= 0.3 is 17.9 Å². The zero-order valence-corrected chi connectivity index (χ0v) is 18.3. The summed E-state index contributed by atoms with van der Waals surface area (Å²) in [4.78, 5) is 41.7. The Kier molecular flexibility index (Phi) is 6.42. The molecule has 1 saturated heterocycles. The van der Waals surface area contributed by atoms with Crippen LogP contribution in [0.4, 0.5) is 0 Å². The standard InChI is InChI=1S/C18H18BrN5O7/c1-7(25)28-5-11-13(29-8(2)26)14(30-9(3)27)18(31-11)24-6-22-16(21)12-10(4-20)15(19)23-17(12)24/h6,11,13-14,18,21,23H,5H2,1-3H3/t11-,13?,14?,18-/m0/s1. The molecule has 2 N–H and O–H groups in total. The maximum absolute atomic E-state index is 11.8. The first-order valence-electron chi connectivity index (χ1n) is 9.00. The van der Waals surface area contributed by atoms with Crippen LogP contribution in [-0.4, -0.2) is 57.4 Å². The number of nitrogens with zero attached hydrogens (tertiary/aromatic N) is 3. The number of hydrogen-bond donors (Lipinski definition) is 2. The smallest absolute Gasteiger partial charge is 0.303 e. The minimum Gasteiger partial charge on any atom is -0.463 e. The fourth-order valence-electron chi connectivity index (χ4n) is 3.34. The summed E-state index contributed by atoms with van der Waals surface area (Å²) in [6.07, 6.45) is -2.95. The van der Waals surface area contributed by atoms with Crippen LogP contribution in [0.2, 0.25) is 0 Å². The summed E-state index contributed by atoms with van der Waals surface area (Å²) in [5.41, 5.74) is 0.303. The second kappa shape index (κ2) is 8.86. The Hall–Kier alpha value is -3.24. The Morgan fingerprint density at radius 1 is 1.26 bits per heavy atom. The number of nitrogens with one attached hydrogen (secondary N) is 2. The number of carbonyl (C=O) groups excluding carboxylic acids is 3. The Balaban J connectivity index is 2.13. The number of nitriles is 1. The quantitative estimate of drug-likeness (QED) is 0.449. The van der Waals surface area contributed by atoms with Crippen molar-refractivity contribution in [1.82, 2.24) is 14.5 Å². The van der Waals surface area contributed by atoms with Gasteiger partial charge in [-0.2, -0.15) is 5.26 Å². The summed E-state index contributed by atoms with van der Waals surface area (Å²) in [6, 6.07) is 1.99. The second-order valence-corrected chi connectivity index (χ2v) is 7.46. The van der Waals surface area contributed by atoms with Crippen molar-refractivity contribution >= 4 is 44.9 Å². The van der Waals surface area contributed by atoms with E-state index >= 15 is 0 Å². The van der Waals surface area contributed by atoms with E-state index < -0.39 is 42.4 Å². The number of fused-ring (bicyclic) bond motifs is 1. The molecule has 1 aliphatic rings. The molecule has 164 valence electrons. The van der Waals surface area contributed by atoms with Gasteiger partial charge in [-0.15, -0.1) is 0 Å². The third-order valence-corrected chi connectivity index (χ3v) is 5.06. The van der Waals surface area contributed by atoms with Crippen LogP contribution in [-0.2, 0) is 33.3 Å². The first-order chi connectivity index (χ1) is 14.6. The third-order valence-electron chi connectivity index (χ3n) is 4.47. The lowest BCUT2D eigenvalue weighted by molar-refractivity contribution is -0.166. The Morgan fingerprint density at radius 3 is 2.48 bits per heavy atom. The van der Waals surface area contributed by atoms with E-state index in [1.807, 2.05) is 6.07 Å². The highest BCUT2D eigenvalue weighted by atomic mass is 79.9. The molecule has 3 rings (SSSR count). The van der Waals surface area contributed by atoms with E-state index in [1.165, 1.54) is 31.7 Å².